The monoisotopic (exact) mass is 190 g/mol. The molecule has 0 spiro atoms. The molecule has 1 rings (SSSR count). The molecule has 0 N–H and O–H groups in total. The summed E-state index contributed by atoms with van der Waals surface area (Å²) in [6.45, 7) is 0. The van der Waals surface area contributed by atoms with Crippen molar-refractivity contribution in [1.82, 2.24) is 0 Å². The number of nitriles is 2. The van der Waals surface area contributed by atoms with E-state index < -0.39 is 0 Å². The molecule has 0 saturated heterocycles. The lowest BCUT2D eigenvalue weighted by molar-refractivity contribution is 1.15. The lowest BCUT2D eigenvalue weighted by Gasteiger charge is -2.02. The van der Waals surface area contributed by atoms with E-state index in [1.165, 1.54) is 0 Å². The lowest BCUT2D eigenvalue weighted by atomic mass is 10.0. The van der Waals surface area contributed by atoms with Crippen LogP contribution >= 0.6 is 11.6 Å². The molecule has 0 radical (unpaired) electrons. The summed E-state index contributed by atoms with van der Waals surface area (Å²) in [5.74, 6) is 0. The van der Waals surface area contributed by atoms with Crippen molar-refractivity contribution in [2.45, 2.75) is 12.8 Å². The van der Waals surface area contributed by atoms with Crippen molar-refractivity contribution < 1.29 is 0 Å². The van der Waals surface area contributed by atoms with Gasteiger partial charge in [-0.1, -0.05) is 17.7 Å². The van der Waals surface area contributed by atoms with E-state index in [2.05, 4.69) is 0 Å². The van der Waals surface area contributed by atoms with Crippen molar-refractivity contribution in [1.29, 1.82) is 10.5 Å². The Bertz CT molecular complexity index is 385. The predicted octanol–water partition coefficient (Wildman–Crippen LogP) is 2.47. The number of hydrogen-bond acceptors (Lipinski definition) is 2. The molecule has 13 heavy (non-hydrogen) atoms. The van der Waals surface area contributed by atoms with Crippen LogP contribution in [0.2, 0.25) is 5.02 Å². The Balaban J connectivity index is 3.06. The van der Waals surface area contributed by atoms with Crippen molar-refractivity contribution in [3.8, 4) is 12.1 Å². The molecule has 0 aromatic heterocycles. The number of nitrogens with zero attached hydrogens (tertiary/aromatic N) is 2. The summed E-state index contributed by atoms with van der Waals surface area (Å²) in [6.07, 6.45) is 0.631. The van der Waals surface area contributed by atoms with Crippen LogP contribution in [0.15, 0.2) is 18.2 Å². The molecule has 0 bridgehead atoms. The SMILES string of the molecule is N#CCc1ccc(Cl)cc1CC#N. The van der Waals surface area contributed by atoms with E-state index in [1.807, 2.05) is 12.1 Å². The fourth-order valence-corrected chi connectivity index (χ4v) is 1.30. The number of hydrogen-bond donors (Lipinski definition) is 0. The Morgan fingerprint density at radius 1 is 1.08 bits per heavy atom. The zero-order valence-electron chi connectivity index (χ0n) is 6.92. The van der Waals surface area contributed by atoms with Gasteiger partial charge in [0.1, 0.15) is 0 Å². The fourth-order valence-electron chi connectivity index (χ4n) is 1.10. The van der Waals surface area contributed by atoms with Gasteiger partial charge in [-0.3, -0.25) is 0 Å². The topological polar surface area (TPSA) is 47.6 Å². The quantitative estimate of drug-likeness (QED) is 0.719. The minimum atomic E-state index is 0.303. The van der Waals surface area contributed by atoms with Crippen molar-refractivity contribution in [3.05, 3.63) is 34.3 Å². The molecule has 0 aliphatic rings. The molecule has 0 atom stereocenters. The summed E-state index contributed by atoms with van der Waals surface area (Å²) in [4.78, 5) is 0. The van der Waals surface area contributed by atoms with E-state index in [0.717, 1.165) is 11.1 Å². The Kier molecular flexibility index (Phi) is 3.31. The average Bonchev–Trinajstić information content (AvgIpc) is 2.10. The van der Waals surface area contributed by atoms with Gasteiger partial charge in [0, 0.05) is 5.02 Å². The van der Waals surface area contributed by atoms with Crippen molar-refractivity contribution in [2.24, 2.45) is 0 Å². The van der Waals surface area contributed by atoms with Gasteiger partial charge in [0.15, 0.2) is 0 Å². The van der Waals surface area contributed by atoms with Gasteiger partial charge in [0.25, 0.3) is 0 Å². The summed E-state index contributed by atoms with van der Waals surface area (Å²) >= 11 is 5.76. The maximum atomic E-state index is 8.53. The molecular weight excluding hydrogens is 184 g/mol. The molecule has 64 valence electrons. The minimum Gasteiger partial charge on any atom is -0.198 e. The van der Waals surface area contributed by atoms with Gasteiger partial charge < -0.3 is 0 Å². The van der Waals surface area contributed by atoms with Crippen molar-refractivity contribution in [3.63, 3.8) is 0 Å². The maximum Gasteiger partial charge on any atom is 0.0669 e. The predicted molar refractivity (Wildman–Crippen MR) is 50.1 cm³/mol. The third-order valence-electron chi connectivity index (χ3n) is 1.71. The van der Waals surface area contributed by atoms with Gasteiger partial charge in [-0.05, 0) is 23.3 Å². The van der Waals surface area contributed by atoms with Crippen LogP contribution in [0.3, 0.4) is 0 Å². The van der Waals surface area contributed by atoms with E-state index in [4.69, 9.17) is 22.1 Å². The molecule has 0 unspecified atom stereocenters. The summed E-state index contributed by atoms with van der Waals surface area (Å²) in [5, 5.41) is 17.6. The van der Waals surface area contributed by atoms with E-state index in [-0.39, 0.29) is 0 Å². The second-order valence-electron chi connectivity index (χ2n) is 2.58. The van der Waals surface area contributed by atoms with Crippen LogP contribution in [0.4, 0.5) is 0 Å². The van der Waals surface area contributed by atoms with Gasteiger partial charge in [-0.15, -0.1) is 0 Å². The van der Waals surface area contributed by atoms with Gasteiger partial charge in [-0.2, -0.15) is 10.5 Å². The van der Waals surface area contributed by atoms with Crippen LogP contribution in [0.1, 0.15) is 11.1 Å². The molecule has 2 nitrogen and oxygen atoms in total. The first kappa shape index (κ1) is 9.58. The van der Waals surface area contributed by atoms with E-state index in [9.17, 15) is 0 Å². The van der Waals surface area contributed by atoms with Gasteiger partial charge in [0.2, 0.25) is 0 Å². The third-order valence-corrected chi connectivity index (χ3v) is 1.94. The van der Waals surface area contributed by atoms with Gasteiger partial charge >= 0.3 is 0 Å². The highest BCUT2D eigenvalue weighted by Crippen LogP contribution is 2.16. The lowest BCUT2D eigenvalue weighted by Crippen LogP contribution is -1.91. The molecule has 0 aliphatic heterocycles. The van der Waals surface area contributed by atoms with Crippen LogP contribution in [0, 0.1) is 22.7 Å². The molecule has 1 aromatic rings. The molecule has 0 amide bonds. The van der Waals surface area contributed by atoms with Crippen LogP contribution < -0.4 is 0 Å². The number of benzene rings is 1. The standard InChI is InChI=1S/C10H7ClN2/c11-10-2-1-8(3-5-12)9(7-10)4-6-13/h1-2,7H,3-4H2. The Morgan fingerprint density at radius 3 is 2.31 bits per heavy atom. The largest absolute Gasteiger partial charge is 0.198 e. The molecule has 3 heteroatoms. The van der Waals surface area contributed by atoms with Crippen LogP contribution in [-0.2, 0) is 12.8 Å². The van der Waals surface area contributed by atoms with Crippen LogP contribution in [-0.4, -0.2) is 0 Å². The second kappa shape index (κ2) is 4.50. The number of rotatable bonds is 2. The van der Waals surface area contributed by atoms with Gasteiger partial charge in [0.05, 0.1) is 25.0 Å². The minimum absolute atomic E-state index is 0.303. The Morgan fingerprint density at radius 2 is 1.69 bits per heavy atom. The molecule has 0 fully saturated rings. The highest BCUT2D eigenvalue weighted by atomic mass is 35.5. The summed E-state index contributed by atoms with van der Waals surface area (Å²) in [7, 11) is 0. The Labute approximate surface area is 82.0 Å². The van der Waals surface area contributed by atoms with Crippen LogP contribution in [0.5, 0.6) is 0 Å². The highest BCUT2D eigenvalue weighted by Gasteiger charge is 2.02. The fraction of sp³-hybridized carbons (Fsp3) is 0.200. The van der Waals surface area contributed by atoms with E-state index in [0.29, 0.717) is 17.9 Å². The molecule has 0 heterocycles. The highest BCUT2D eigenvalue weighted by molar-refractivity contribution is 6.30. The first-order valence-corrected chi connectivity index (χ1v) is 4.17. The van der Waals surface area contributed by atoms with E-state index >= 15 is 0 Å². The summed E-state index contributed by atoms with van der Waals surface area (Å²) in [5.41, 5.74) is 1.73. The van der Waals surface area contributed by atoms with Crippen molar-refractivity contribution in [2.75, 3.05) is 0 Å². The van der Waals surface area contributed by atoms with Crippen molar-refractivity contribution >= 4 is 11.6 Å². The third kappa shape index (κ3) is 2.47. The molecule has 0 aliphatic carbocycles. The summed E-state index contributed by atoms with van der Waals surface area (Å²) < 4.78 is 0. The smallest absolute Gasteiger partial charge is 0.0669 e. The molecule has 0 saturated carbocycles. The first-order valence-electron chi connectivity index (χ1n) is 3.79. The van der Waals surface area contributed by atoms with Crippen LogP contribution in [0.25, 0.3) is 0 Å². The van der Waals surface area contributed by atoms with E-state index in [1.54, 1.807) is 18.2 Å². The second-order valence-corrected chi connectivity index (χ2v) is 3.02. The summed E-state index contributed by atoms with van der Waals surface area (Å²) in [6, 6.07) is 9.35. The normalized spacial score (nSPS) is 8.85. The number of halogens is 1. The molecular formula is C10H7ClN2. The zero-order valence-corrected chi connectivity index (χ0v) is 7.67. The maximum absolute atomic E-state index is 8.53. The molecule has 1 aromatic carbocycles. The Hall–Kier alpha value is -1.51. The van der Waals surface area contributed by atoms with Gasteiger partial charge in [-0.25, -0.2) is 0 Å². The first-order chi connectivity index (χ1) is 6.27. The average molecular weight is 191 g/mol. The zero-order chi connectivity index (χ0) is 9.68.